The van der Waals surface area contributed by atoms with E-state index in [4.69, 9.17) is 9.05 Å². The van der Waals surface area contributed by atoms with Gasteiger partial charge in [0.25, 0.3) is 0 Å². The minimum atomic E-state index is -3.09. The maximum absolute atomic E-state index is 12.0. The molecule has 0 heterocycles. The summed E-state index contributed by atoms with van der Waals surface area (Å²) < 4.78 is 22.0. The van der Waals surface area contributed by atoms with Crippen molar-refractivity contribution in [3.63, 3.8) is 0 Å². The minimum absolute atomic E-state index is 0.213. The Labute approximate surface area is 93.8 Å². The van der Waals surface area contributed by atoms with Gasteiger partial charge in [0, 0.05) is 12.0 Å². The normalized spacial score (nSPS) is 14.5. The molecule has 1 aromatic rings. The summed E-state index contributed by atoms with van der Waals surface area (Å²) in [4.78, 5) is 0.853. The van der Waals surface area contributed by atoms with Crippen LogP contribution in [0.2, 0.25) is 0 Å². The van der Waals surface area contributed by atoms with Gasteiger partial charge in [0.15, 0.2) is 0 Å². The van der Waals surface area contributed by atoms with Crippen LogP contribution in [0.1, 0.15) is 0 Å². The van der Waals surface area contributed by atoms with E-state index in [1.165, 1.54) is 13.2 Å². The molecule has 0 radical (unpaired) electrons. The first-order valence-corrected chi connectivity index (χ1v) is 7.32. The predicted octanol–water partition coefficient (Wildman–Crippen LogP) is 3.74. The molecule has 1 unspecified atom stereocenters. The van der Waals surface area contributed by atoms with Gasteiger partial charge in [-0.1, -0.05) is 24.3 Å². The third-order valence-electron chi connectivity index (χ3n) is 1.53. The second-order valence-corrected chi connectivity index (χ2v) is 6.68. The minimum Gasteiger partial charge on any atom is -0.304 e. The Bertz CT molecular complexity index is 353. The lowest BCUT2D eigenvalue weighted by Crippen LogP contribution is -1.89. The van der Waals surface area contributed by atoms with Crippen molar-refractivity contribution < 1.29 is 13.6 Å². The summed E-state index contributed by atoms with van der Waals surface area (Å²) in [7, 11) is 1.37. The lowest BCUT2D eigenvalue weighted by Gasteiger charge is -2.13. The molecule has 0 amide bonds. The van der Waals surface area contributed by atoms with Crippen LogP contribution in [0.4, 0.5) is 0 Å². The van der Waals surface area contributed by atoms with E-state index in [0.717, 1.165) is 16.3 Å². The summed E-state index contributed by atoms with van der Waals surface area (Å²) in [5.74, 6) is 0. The van der Waals surface area contributed by atoms with E-state index in [9.17, 15) is 4.57 Å². The molecule has 1 aromatic carbocycles. The molecule has 3 nitrogen and oxygen atoms in total. The number of benzene rings is 1. The molecular weight excluding hydrogens is 231 g/mol. The first-order chi connectivity index (χ1) is 7.20. The monoisotopic (exact) mass is 244 g/mol. The van der Waals surface area contributed by atoms with Crippen molar-refractivity contribution in [1.29, 1.82) is 0 Å². The van der Waals surface area contributed by atoms with Crippen LogP contribution in [0.15, 0.2) is 47.9 Å². The quantitative estimate of drug-likeness (QED) is 0.564. The Morgan fingerprint density at radius 3 is 2.67 bits per heavy atom. The lowest BCUT2D eigenvalue weighted by molar-refractivity contribution is 0.273. The van der Waals surface area contributed by atoms with E-state index in [1.807, 2.05) is 30.3 Å². The van der Waals surface area contributed by atoms with E-state index in [-0.39, 0.29) is 6.61 Å². The third-order valence-corrected chi connectivity index (χ3v) is 5.22. The third kappa shape index (κ3) is 4.22. The molecule has 5 heteroatoms. The van der Waals surface area contributed by atoms with E-state index in [1.54, 1.807) is 0 Å². The van der Waals surface area contributed by atoms with Gasteiger partial charge in [0.05, 0.1) is 6.61 Å². The van der Waals surface area contributed by atoms with Crippen molar-refractivity contribution in [1.82, 2.24) is 0 Å². The molecule has 0 spiro atoms. The maximum Gasteiger partial charge on any atom is 0.393 e. The Kier molecular flexibility index (Phi) is 5.12. The SMILES string of the molecule is C=CCOP(=O)(OC)Sc1ccccc1. The highest BCUT2D eigenvalue weighted by Crippen LogP contribution is 2.62. The zero-order valence-corrected chi connectivity index (χ0v) is 10.2. The molecule has 0 saturated heterocycles. The van der Waals surface area contributed by atoms with Crippen molar-refractivity contribution in [2.75, 3.05) is 13.7 Å². The molecule has 1 rings (SSSR count). The molecule has 0 aliphatic heterocycles. The van der Waals surface area contributed by atoms with Gasteiger partial charge in [0.2, 0.25) is 0 Å². The summed E-state index contributed by atoms with van der Waals surface area (Å²) >= 11 is 1.09. The molecule has 0 aliphatic carbocycles. The van der Waals surface area contributed by atoms with Gasteiger partial charge in [-0.05, 0) is 23.5 Å². The van der Waals surface area contributed by atoms with Crippen LogP contribution in [0.3, 0.4) is 0 Å². The summed E-state index contributed by atoms with van der Waals surface area (Å²) in [5, 5.41) is 0. The molecule has 82 valence electrons. The molecule has 0 fully saturated rings. The first-order valence-electron chi connectivity index (χ1n) is 4.36. The molecular formula is C10H13O3PS. The zero-order valence-electron chi connectivity index (χ0n) is 8.46. The van der Waals surface area contributed by atoms with Crippen LogP contribution < -0.4 is 0 Å². The summed E-state index contributed by atoms with van der Waals surface area (Å²) in [6.07, 6.45) is 1.54. The van der Waals surface area contributed by atoms with Crippen LogP contribution in [0.5, 0.6) is 0 Å². The van der Waals surface area contributed by atoms with Crippen LogP contribution in [-0.2, 0) is 13.6 Å². The summed E-state index contributed by atoms with van der Waals surface area (Å²) in [5.41, 5.74) is 0. The zero-order chi connectivity index (χ0) is 11.1. The summed E-state index contributed by atoms with van der Waals surface area (Å²) in [6.45, 7) is 0.614. The predicted molar refractivity (Wildman–Crippen MR) is 63.1 cm³/mol. The molecule has 0 aromatic heterocycles. The van der Waals surface area contributed by atoms with E-state index in [0.29, 0.717) is 0 Å². The van der Waals surface area contributed by atoms with Crippen LogP contribution in [0, 0.1) is 0 Å². The number of hydrogen-bond acceptors (Lipinski definition) is 4. The van der Waals surface area contributed by atoms with E-state index in [2.05, 4.69) is 6.58 Å². The number of rotatable bonds is 6. The molecule has 0 N–H and O–H groups in total. The van der Waals surface area contributed by atoms with Crippen molar-refractivity contribution in [2.24, 2.45) is 0 Å². The molecule has 15 heavy (non-hydrogen) atoms. The average Bonchev–Trinajstić information content (AvgIpc) is 2.28. The smallest absolute Gasteiger partial charge is 0.304 e. The van der Waals surface area contributed by atoms with Crippen molar-refractivity contribution in [3.8, 4) is 0 Å². The molecule has 0 saturated carbocycles. The fraction of sp³-hybridized carbons (Fsp3) is 0.200. The topological polar surface area (TPSA) is 35.5 Å². The first kappa shape index (κ1) is 12.5. The van der Waals surface area contributed by atoms with Crippen molar-refractivity contribution in [2.45, 2.75) is 4.90 Å². The van der Waals surface area contributed by atoms with Crippen molar-refractivity contribution >= 4 is 18.2 Å². The number of hydrogen-bond donors (Lipinski definition) is 0. The Balaban J connectivity index is 2.68. The Morgan fingerprint density at radius 1 is 1.47 bits per heavy atom. The fourth-order valence-electron chi connectivity index (χ4n) is 0.871. The standard InChI is InChI=1S/C10H13O3PS/c1-3-9-13-14(11,12-2)15-10-7-5-4-6-8-10/h3-8H,1,9H2,2H3. The van der Waals surface area contributed by atoms with Crippen LogP contribution in [-0.4, -0.2) is 13.7 Å². The van der Waals surface area contributed by atoms with Gasteiger partial charge in [-0.15, -0.1) is 6.58 Å². The van der Waals surface area contributed by atoms with Gasteiger partial charge < -0.3 is 4.52 Å². The van der Waals surface area contributed by atoms with Crippen LogP contribution >= 0.6 is 18.2 Å². The lowest BCUT2D eigenvalue weighted by atomic mass is 10.4. The fourth-order valence-corrected chi connectivity index (χ4v) is 3.63. The molecule has 0 bridgehead atoms. The van der Waals surface area contributed by atoms with Gasteiger partial charge in [0.1, 0.15) is 0 Å². The largest absolute Gasteiger partial charge is 0.393 e. The summed E-state index contributed by atoms with van der Waals surface area (Å²) in [6, 6.07) is 9.35. The molecule has 0 aliphatic rings. The van der Waals surface area contributed by atoms with Crippen molar-refractivity contribution in [3.05, 3.63) is 43.0 Å². The highest BCUT2D eigenvalue weighted by atomic mass is 32.7. The maximum atomic E-state index is 12.0. The Morgan fingerprint density at radius 2 is 2.13 bits per heavy atom. The average molecular weight is 244 g/mol. The van der Waals surface area contributed by atoms with Gasteiger partial charge in [-0.3, -0.25) is 4.52 Å². The highest BCUT2D eigenvalue weighted by Gasteiger charge is 2.24. The highest BCUT2D eigenvalue weighted by molar-refractivity contribution is 8.55. The van der Waals surface area contributed by atoms with Gasteiger partial charge in [-0.2, -0.15) is 0 Å². The van der Waals surface area contributed by atoms with E-state index >= 15 is 0 Å². The second-order valence-electron chi connectivity index (χ2n) is 2.62. The van der Waals surface area contributed by atoms with Gasteiger partial charge >= 0.3 is 6.80 Å². The Hall–Kier alpha value is -0.540. The van der Waals surface area contributed by atoms with Gasteiger partial charge in [-0.25, -0.2) is 4.57 Å². The van der Waals surface area contributed by atoms with E-state index < -0.39 is 6.80 Å². The van der Waals surface area contributed by atoms with Crippen LogP contribution in [0.25, 0.3) is 0 Å². The second kappa shape index (κ2) is 6.13. The molecule has 1 atom stereocenters.